The van der Waals surface area contributed by atoms with Gasteiger partial charge >= 0.3 is 12.1 Å². The zero-order valence-electron chi connectivity index (χ0n) is 6.67. The topological polar surface area (TPSA) is 96.7 Å². The van der Waals surface area contributed by atoms with E-state index in [1.54, 1.807) is 0 Å². The highest BCUT2D eigenvalue weighted by atomic mass is 32.2. The Hall–Kier alpha value is -1.28. The highest BCUT2D eigenvalue weighted by Gasteiger charge is 2.12. The minimum Gasteiger partial charge on any atom is -0.481 e. The van der Waals surface area contributed by atoms with Crippen molar-refractivity contribution in [3.63, 3.8) is 0 Å². The minimum atomic E-state index is -1.46. The Balaban J connectivity index is 2.62. The molecule has 0 amide bonds. The molecular formula is C6H5NO5S2. The molecule has 0 aliphatic carbocycles. The van der Waals surface area contributed by atoms with Crippen LogP contribution in [0.3, 0.4) is 0 Å². The van der Waals surface area contributed by atoms with Gasteiger partial charge in [0.05, 0.1) is 11.3 Å². The molecule has 8 heteroatoms. The van der Waals surface area contributed by atoms with E-state index < -0.39 is 12.1 Å². The van der Waals surface area contributed by atoms with Gasteiger partial charge in [-0.05, 0) is 0 Å². The summed E-state index contributed by atoms with van der Waals surface area (Å²) in [6, 6.07) is 0. The number of thioether (sulfide) groups is 1. The van der Waals surface area contributed by atoms with E-state index in [-0.39, 0.29) is 11.6 Å². The number of ether oxygens (including phenoxy) is 1. The molecule has 0 bridgehead atoms. The molecule has 0 saturated carbocycles. The van der Waals surface area contributed by atoms with Crippen LogP contribution in [-0.4, -0.2) is 33.1 Å². The van der Waals surface area contributed by atoms with Crippen LogP contribution in [0.4, 0.5) is 4.79 Å². The minimum absolute atomic E-state index is 0.0613. The largest absolute Gasteiger partial charge is 0.512 e. The van der Waals surface area contributed by atoms with E-state index >= 15 is 0 Å². The van der Waals surface area contributed by atoms with Crippen LogP contribution in [0, 0.1) is 0 Å². The molecule has 1 aromatic rings. The quantitative estimate of drug-likeness (QED) is 0.601. The van der Waals surface area contributed by atoms with Gasteiger partial charge in [0.1, 0.15) is 4.21 Å². The Morgan fingerprint density at radius 3 is 2.86 bits per heavy atom. The van der Waals surface area contributed by atoms with Crippen molar-refractivity contribution in [1.29, 1.82) is 0 Å². The number of rotatable bonds is 4. The summed E-state index contributed by atoms with van der Waals surface area (Å²) in [5.74, 6) is -1.20. The second kappa shape index (κ2) is 4.82. The molecule has 0 spiro atoms. The lowest BCUT2D eigenvalue weighted by Crippen LogP contribution is -2.04. The number of aromatic nitrogens is 1. The van der Waals surface area contributed by atoms with E-state index in [1.807, 2.05) is 0 Å². The second-order valence-electron chi connectivity index (χ2n) is 2.00. The third-order valence-corrected chi connectivity index (χ3v) is 3.08. The lowest BCUT2D eigenvalue weighted by Gasteiger charge is -1.97. The fourth-order valence-electron chi connectivity index (χ4n) is 0.599. The third-order valence-electron chi connectivity index (χ3n) is 1.02. The van der Waals surface area contributed by atoms with Gasteiger partial charge in [-0.25, -0.2) is 9.78 Å². The SMILES string of the molecule is O=C(O)CSc1scnc1OC(=O)O. The molecule has 1 rings (SSSR count). The summed E-state index contributed by atoms with van der Waals surface area (Å²) >= 11 is 2.11. The predicted octanol–water partition coefficient (Wildman–Crippen LogP) is 1.38. The summed E-state index contributed by atoms with van der Waals surface area (Å²) in [4.78, 5) is 24.0. The molecule has 14 heavy (non-hydrogen) atoms. The zero-order valence-corrected chi connectivity index (χ0v) is 8.30. The number of thiazole rings is 1. The summed E-state index contributed by atoms with van der Waals surface area (Å²) in [7, 11) is 0. The first-order valence-electron chi connectivity index (χ1n) is 3.28. The number of carboxylic acids is 1. The molecular weight excluding hydrogens is 230 g/mol. The molecule has 0 aliphatic rings. The van der Waals surface area contributed by atoms with Gasteiger partial charge in [0.25, 0.3) is 5.88 Å². The van der Waals surface area contributed by atoms with Crippen LogP contribution in [0.25, 0.3) is 0 Å². The molecule has 0 fully saturated rings. The van der Waals surface area contributed by atoms with Crippen LogP contribution in [0.15, 0.2) is 9.72 Å². The van der Waals surface area contributed by atoms with Crippen LogP contribution >= 0.6 is 23.1 Å². The van der Waals surface area contributed by atoms with Crippen molar-refractivity contribution in [2.24, 2.45) is 0 Å². The van der Waals surface area contributed by atoms with Crippen molar-refractivity contribution in [3.05, 3.63) is 5.51 Å². The molecule has 1 aromatic heterocycles. The molecule has 0 saturated heterocycles. The van der Waals surface area contributed by atoms with Gasteiger partial charge in [0, 0.05) is 0 Å². The second-order valence-corrected chi connectivity index (χ2v) is 4.09. The van der Waals surface area contributed by atoms with Crippen molar-refractivity contribution in [1.82, 2.24) is 4.98 Å². The number of carbonyl (C=O) groups is 2. The van der Waals surface area contributed by atoms with Crippen LogP contribution in [0.2, 0.25) is 0 Å². The number of hydrogen-bond acceptors (Lipinski definition) is 6. The molecule has 0 aliphatic heterocycles. The Kier molecular flexibility index (Phi) is 3.72. The first kappa shape index (κ1) is 10.8. The Morgan fingerprint density at radius 1 is 1.57 bits per heavy atom. The van der Waals surface area contributed by atoms with Crippen molar-refractivity contribution < 1.29 is 24.5 Å². The lowest BCUT2D eigenvalue weighted by atomic mass is 10.8. The van der Waals surface area contributed by atoms with E-state index in [2.05, 4.69) is 9.72 Å². The average molecular weight is 235 g/mol. The number of carboxylic acid groups (broad SMARTS) is 2. The van der Waals surface area contributed by atoms with E-state index in [4.69, 9.17) is 10.2 Å². The zero-order chi connectivity index (χ0) is 10.6. The Morgan fingerprint density at radius 2 is 2.29 bits per heavy atom. The molecule has 0 radical (unpaired) electrons. The summed E-state index contributed by atoms with van der Waals surface area (Å²) in [5, 5.41) is 16.7. The monoisotopic (exact) mass is 235 g/mol. The highest BCUT2D eigenvalue weighted by Crippen LogP contribution is 2.32. The summed E-state index contributed by atoms with van der Waals surface area (Å²) in [6.07, 6.45) is -1.46. The predicted molar refractivity (Wildman–Crippen MR) is 49.1 cm³/mol. The molecule has 1 heterocycles. The summed E-state index contributed by atoms with van der Waals surface area (Å²) < 4.78 is 4.76. The van der Waals surface area contributed by atoms with Gasteiger partial charge in [0.15, 0.2) is 0 Å². The normalized spacial score (nSPS) is 9.71. The Bertz CT molecular complexity index is 350. The molecule has 2 N–H and O–H groups in total. The maximum atomic E-state index is 10.2. The summed E-state index contributed by atoms with van der Waals surface area (Å²) in [5.41, 5.74) is 1.39. The standard InChI is InChI=1S/C6H5NO5S2/c8-3(9)1-13-5-4(7-2-14-5)12-6(10)11/h2H,1H2,(H,8,9)(H,10,11). The third kappa shape index (κ3) is 3.23. The van der Waals surface area contributed by atoms with Crippen molar-refractivity contribution in [3.8, 4) is 5.88 Å². The number of aliphatic carboxylic acids is 1. The molecule has 0 atom stereocenters. The van der Waals surface area contributed by atoms with E-state index in [0.29, 0.717) is 4.21 Å². The number of hydrogen-bond donors (Lipinski definition) is 2. The van der Waals surface area contributed by atoms with Gasteiger partial charge in [-0.1, -0.05) is 11.8 Å². The van der Waals surface area contributed by atoms with Crippen molar-refractivity contribution >= 4 is 35.2 Å². The lowest BCUT2D eigenvalue weighted by molar-refractivity contribution is -0.133. The van der Waals surface area contributed by atoms with Gasteiger partial charge < -0.3 is 14.9 Å². The molecule has 6 nitrogen and oxygen atoms in total. The number of nitrogens with zero attached hydrogens (tertiary/aromatic N) is 1. The first-order valence-corrected chi connectivity index (χ1v) is 5.15. The van der Waals surface area contributed by atoms with Gasteiger partial charge in [-0.3, -0.25) is 4.79 Å². The first-order chi connectivity index (χ1) is 6.59. The fourth-order valence-corrected chi connectivity index (χ4v) is 2.09. The average Bonchev–Trinajstić information content (AvgIpc) is 2.47. The Labute approximate surface area is 86.5 Å². The molecule has 0 aromatic carbocycles. The van der Waals surface area contributed by atoms with E-state index in [1.165, 1.54) is 5.51 Å². The smallest absolute Gasteiger partial charge is 0.481 e. The maximum absolute atomic E-state index is 10.2. The van der Waals surface area contributed by atoms with Gasteiger partial charge in [-0.15, -0.1) is 11.3 Å². The van der Waals surface area contributed by atoms with Gasteiger partial charge in [-0.2, -0.15) is 0 Å². The van der Waals surface area contributed by atoms with E-state index in [0.717, 1.165) is 23.1 Å². The van der Waals surface area contributed by atoms with Gasteiger partial charge in [0.2, 0.25) is 0 Å². The van der Waals surface area contributed by atoms with Crippen LogP contribution in [0.1, 0.15) is 0 Å². The summed E-state index contributed by atoms with van der Waals surface area (Å²) in [6.45, 7) is 0. The molecule has 76 valence electrons. The maximum Gasteiger partial charge on any atom is 0.512 e. The highest BCUT2D eigenvalue weighted by molar-refractivity contribution is 8.01. The van der Waals surface area contributed by atoms with Crippen molar-refractivity contribution in [2.75, 3.05) is 5.75 Å². The van der Waals surface area contributed by atoms with Crippen molar-refractivity contribution in [2.45, 2.75) is 4.21 Å². The van der Waals surface area contributed by atoms with Crippen LogP contribution in [0.5, 0.6) is 5.88 Å². The van der Waals surface area contributed by atoms with Crippen LogP contribution in [-0.2, 0) is 4.79 Å². The fraction of sp³-hybridized carbons (Fsp3) is 0.167. The van der Waals surface area contributed by atoms with E-state index in [9.17, 15) is 9.59 Å². The molecule has 0 unspecified atom stereocenters. The van der Waals surface area contributed by atoms with Crippen LogP contribution < -0.4 is 4.74 Å².